The summed E-state index contributed by atoms with van der Waals surface area (Å²) in [7, 11) is 1.55. The van der Waals surface area contributed by atoms with E-state index in [-0.39, 0.29) is 5.82 Å². The minimum Gasteiger partial charge on any atom is -0.493 e. The second-order valence-corrected chi connectivity index (χ2v) is 4.16. The fourth-order valence-corrected chi connectivity index (χ4v) is 1.76. The number of hydrogen-bond donors (Lipinski definition) is 1. The van der Waals surface area contributed by atoms with E-state index in [1.165, 1.54) is 6.07 Å². The molecule has 4 nitrogen and oxygen atoms in total. The predicted octanol–water partition coefficient (Wildman–Crippen LogP) is 2.38. The van der Waals surface area contributed by atoms with Gasteiger partial charge in [-0.25, -0.2) is 9.07 Å². The maximum atomic E-state index is 13.5. The molecule has 18 heavy (non-hydrogen) atoms. The Morgan fingerprint density at radius 1 is 1.44 bits per heavy atom. The largest absolute Gasteiger partial charge is 0.493 e. The summed E-state index contributed by atoms with van der Waals surface area (Å²) < 4.78 is 20.2. The van der Waals surface area contributed by atoms with Gasteiger partial charge in [-0.05, 0) is 31.5 Å². The minimum atomic E-state index is -0.773. The van der Waals surface area contributed by atoms with Crippen LogP contribution < -0.4 is 4.74 Å². The molecule has 0 amide bonds. The van der Waals surface area contributed by atoms with Gasteiger partial charge in [0.15, 0.2) is 5.75 Å². The monoisotopic (exact) mass is 250 g/mol. The number of hydrogen-bond acceptors (Lipinski definition) is 3. The molecular formula is C13H15FN2O2. The molecule has 0 unspecified atom stereocenters. The van der Waals surface area contributed by atoms with Crippen LogP contribution in [-0.2, 0) is 0 Å². The van der Waals surface area contributed by atoms with Crippen molar-refractivity contribution in [3.05, 3.63) is 41.5 Å². The second-order valence-electron chi connectivity index (χ2n) is 4.16. The fraction of sp³-hybridized carbons (Fsp3) is 0.308. The smallest absolute Gasteiger partial charge is 0.157 e. The van der Waals surface area contributed by atoms with Crippen LogP contribution in [0.1, 0.15) is 24.2 Å². The Labute approximate surface area is 105 Å². The zero-order chi connectivity index (χ0) is 13.3. The molecule has 1 heterocycles. The summed E-state index contributed by atoms with van der Waals surface area (Å²) in [5, 5.41) is 13.8. The highest BCUT2D eigenvalue weighted by atomic mass is 19.1. The number of aliphatic hydroxyl groups excluding tert-OH is 1. The van der Waals surface area contributed by atoms with Gasteiger partial charge in [-0.2, -0.15) is 5.10 Å². The van der Waals surface area contributed by atoms with Crippen molar-refractivity contribution in [2.24, 2.45) is 0 Å². The Morgan fingerprint density at radius 2 is 2.17 bits per heavy atom. The number of halogens is 1. The number of rotatable bonds is 3. The maximum Gasteiger partial charge on any atom is 0.157 e. The van der Waals surface area contributed by atoms with Crippen molar-refractivity contribution in [2.75, 3.05) is 7.11 Å². The normalized spacial score (nSPS) is 12.5. The third-order valence-electron chi connectivity index (χ3n) is 2.80. The zero-order valence-corrected chi connectivity index (χ0v) is 10.5. The van der Waals surface area contributed by atoms with E-state index in [1.54, 1.807) is 44.1 Å². The summed E-state index contributed by atoms with van der Waals surface area (Å²) in [6.45, 7) is 3.26. The topological polar surface area (TPSA) is 47.3 Å². The second kappa shape index (κ2) is 4.78. The molecule has 0 spiro atoms. The number of aliphatic hydroxyl groups is 1. The molecule has 2 aromatic rings. The van der Waals surface area contributed by atoms with Gasteiger partial charge in [0, 0.05) is 5.56 Å². The van der Waals surface area contributed by atoms with E-state index in [0.29, 0.717) is 22.6 Å². The van der Waals surface area contributed by atoms with E-state index in [9.17, 15) is 9.50 Å². The molecule has 0 fully saturated rings. The van der Waals surface area contributed by atoms with E-state index in [1.807, 2.05) is 0 Å². The summed E-state index contributed by atoms with van der Waals surface area (Å²) in [5.41, 5.74) is 1.64. The number of nitrogens with zero attached hydrogens (tertiary/aromatic N) is 2. The third-order valence-corrected chi connectivity index (χ3v) is 2.80. The quantitative estimate of drug-likeness (QED) is 0.909. The average molecular weight is 250 g/mol. The van der Waals surface area contributed by atoms with E-state index in [2.05, 4.69) is 5.10 Å². The van der Waals surface area contributed by atoms with Crippen LogP contribution in [0.3, 0.4) is 0 Å². The van der Waals surface area contributed by atoms with Crippen LogP contribution in [0.4, 0.5) is 4.39 Å². The predicted molar refractivity (Wildman–Crippen MR) is 65.4 cm³/mol. The first-order valence-corrected chi connectivity index (χ1v) is 5.60. The van der Waals surface area contributed by atoms with E-state index in [0.717, 1.165) is 0 Å². The van der Waals surface area contributed by atoms with Crippen LogP contribution in [0.25, 0.3) is 5.69 Å². The van der Waals surface area contributed by atoms with Crippen LogP contribution in [0.5, 0.6) is 5.75 Å². The lowest BCUT2D eigenvalue weighted by Crippen LogP contribution is -2.05. The number of ether oxygens (including phenoxy) is 1. The lowest BCUT2D eigenvalue weighted by atomic mass is 10.1. The van der Waals surface area contributed by atoms with Gasteiger partial charge >= 0.3 is 0 Å². The van der Waals surface area contributed by atoms with Crippen LogP contribution in [0, 0.1) is 12.7 Å². The van der Waals surface area contributed by atoms with Crippen molar-refractivity contribution in [2.45, 2.75) is 20.0 Å². The SMILES string of the molecule is COc1cnn(-c2cc(C)c(F)cc2[C@@H](C)O)c1. The molecule has 0 saturated carbocycles. The summed E-state index contributed by atoms with van der Waals surface area (Å²) >= 11 is 0. The first kappa shape index (κ1) is 12.6. The maximum absolute atomic E-state index is 13.5. The van der Waals surface area contributed by atoms with Gasteiger partial charge in [-0.1, -0.05) is 0 Å². The third kappa shape index (κ3) is 2.22. The summed E-state index contributed by atoms with van der Waals surface area (Å²) in [6, 6.07) is 2.99. The molecule has 0 aliphatic carbocycles. The van der Waals surface area contributed by atoms with Crippen LogP contribution >= 0.6 is 0 Å². The molecule has 2 rings (SSSR count). The lowest BCUT2D eigenvalue weighted by molar-refractivity contribution is 0.198. The van der Waals surface area contributed by atoms with Gasteiger partial charge in [0.25, 0.3) is 0 Å². The molecule has 1 aromatic carbocycles. The number of methoxy groups -OCH3 is 1. The van der Waals surface area contributed by atoms with Crippen LogP contribution in [-0.4, -0.2) is 22.0 Å². The van der Waals surface area contributed by atoms with Gasteiger partial charge in [0.05, 0.1) is 31.3 Å². The molecule has 0 bridgehead atoms. The summed E-state index contributed by atoms with van der Waals surface area (Å²) in [5.74, 6) is 0.266. The molecule has 1 atom stereocenters. The van der Waals surface area contributed by atoms with Crippen molar-refractivity contribution >= 4 is 0 Å². The van der Waals surface area contributed by atoms with Gasteiger partial charge < -0.3 is 9.84 Å². The molecule has 0 aliphatic rings. The average Bonchev–Trinajstić information content (AvgIpc) is 2.80. The van der Waals surface area contributed by atoms with Crippen molar-refractivity contribution in [1.82, 2.24) is 9.78 Å². The highest BCUT2D eigenvalue weighted by Crippen LogP contribution is 2.25. The highest BCUT2D eigenvalue weighted by Gasteiger charge is 2.14. The molecule has 96 valence electrons. The molecular weight excluding hydrogens is 235 g/mol. The van der Waals surface area contributed by atoms with Gasteiger partial charge in [-0.3, -0.25) is 0 Å². The lowest BCUT2D eigenvalue weighted by Gasteiger charge is -2.13. The van der Waals surface area contributed by atoms with Crippen LogP contribution in [0.2, 0.25) is 0 Å². The summed E-state index contributed by atoms with van der Waals surface area (Å²) in [4.78, 5) is 0. The van der Waals surface area contributed by atoms with Gasteiger partial charge in [0.2, 0.25) is 0 Å². The Balaban J connectivity index is 2.58. The Morgan fingerprint density at radius 3 is 2.72 bits per heavy atom. The zero-order valence-electron chi connectivity index (χ0n) is 10.5. The molecule has 1 aromatic heterocycles. The number of aromatic nitrogens is 2. The van der Waals surface area contributed by atoms with E-state index in [4.69, 9.17) is 4.74 Å². The fourth-order valence-electron chi connectivity index (χ4n) is 1.76. The van der Waals surface area contributed by atoms with E-state index >= 15 is 0 Å². The Kier molecular flexibility index (Phi) is 3.34. The molecule has 5 heteroatoms. The van der Waals surface area contributed by atoms with Crippen LogP contribution in [0.15, 0.2) is 24.5 Å². The Hall–Kier alpha value is -1.88. The minimum absolute atomic E-state index is 0.339. The number of benzene rings is 1. The molecule has 1 N–H and O–H groups in total. The first-order valence-electron chi connectivity index (χ1n) is 5.60. The van der Waals surface area contributed by atoms with Crippen molar-refractivity contribution < 1.29 is 14.2 Å². The number of aryl methyl sites for hydroxylation is 1. The molecule has 0 radical (unpaired) electrons. The molecule has 0 saturated heterocycles. The Bertz CT molecular complexity index is 564. The van der Waals surface area contributed by atoms with Gasteiger partial charge in [0.1, 0.15) is 5.82 Å². The molecule has 0 aliphatic heterocycles. The first-order chi connectivity index (χ1) is 8.52. The van der Waals surface area contributed by atoms with Gasteiger partial charge in [-0.15, -0.1) is 0 Å². The summed E-state index contributed by atoms with van der Waals surface area (Å²) in [6.07, 6.45) is 2.47. The standard InChI is InChI=1S/C13H15FN2O2/c1-8-4-13(11(9(2)17)5-12(8)14)16-7-10(18-3)6-15-16/h4-7,9,17H,1-3H3/t9-/m1/s1. The van der Waals surface area contributed by atoms with E-state index < -0.39 is 6.10 Å². The van der Waals surface area contributed by atoms with Crippen molar-refractivity contribution in [3.63, 3.8) is 0 Å². The van der Waals surface area contributed by atoms with Crippen molar-refractivity contribution in [1.29, 1.82) is 0 Å². The van der Waals surface area contributed by atoms with Crippen molar-refractivity contribution in [3.8, 4) is 11.4 Å². The highest BCUT2D eigenvalue weighted by molar-refractivity contribution is 5.45.